The second kappa shape index (κ2) is 45.3. The van der Waals surface area contributed by atoms with Crippen LogP contribution in [0.15, 0.2) is 0 Å². The monoisotopic (exact) mass is 854 g/mol. The van der Waals surface area contributed by atoms with Crippen LogP contribution in [-0.4, -0.2) is 107 Å². The molecule has 1 unspecified atom stereocenters. The molecule has 0 saturated heterocycles. The Bertz CT molecular complexity index is 952. The van der Waals surface area contributed by atoms with Gasteiger partial charge in [0, 0.05) is 52.4 Å². The van der Waals surface area contributed by atoms with E-state index in [0.29, 0.717) is 39.1 Å². The number of unbranched alkanes of at least 4 members (excludes halogenated alkanes) is 25. The Morgan fingerprint density at radius 3 is 1.33 bits per heavy atom. The Labute approximate surface area is 371 Å². The van der Waals surface area contributed by atoms with Gasteiger partial charge < -0.3 is 35.0 Å². The van der Waals surface area contributed by atoms with E-state index in [4.69, 9.17) is 9.47 Å². The van der Waals surface area contributed by atoms with E-state index in [1.807, 2.05) is 0 Å². The Balaban J connectivity index is 4.37. The largest absolute Gasteiger partial charge is 0.391 e. The molecule has 0 spiro atoms. The Kier molecular flexibility index (Phi) is 44.0. The van der Waals surface area contributed by atoms with Crippen LogP contribution in [0.3, 0.4) is 0 Å². The summed E-state index contributed by atoms with van der Waals surface area (Å²) in [6, 6.07) is -0.735. The van der Waals surface area contributed by atoms with Gasteiger partial charge in [-0.1, -0.05) is 162 Å². The standard InChI is InChI=1S/C50H100N4O6/c1-5-7-9-11-13-15-19-23-27-31-43-59-45-33-38-51-48(56)37-36-47(50(58)52-39-34-46-60-44-32-28-24-20-16-14-12-10-8-6-2)53-49(57)35-29-25-21-17-18-22-26-30-40-54(3,4)41-42-55/h47,55H,5-46H2,1-4H3,(H2-,51,52,53,56,57,58)/p+1. The summed E-state index contributed by atoms with van der Waals surface area (Å²) >= 11 is 0. The lowest BCUT2D eigenvalue weighted by atomic mass is 10.1. The van der Waals surface area contributed by atoms with Crippen molar-refractivity contribution in [2.75, 3.05) is 73.3 Å². The van der Waals surface area contributed by atoms with Crippen molar-refractivity contribution in [2.45, 2.75) is 232 Å². The number of nitrogens with one attached hydrogen (secondary N) is 3. The number of amides is 3. The van der Waals surface area contributed by atoms with Gasteiger partial charge in [0.25, 0.3) is 0 Å². The average Bonchev–Trinajstić information content (AvgIpc) is 3.22. The number of carbonyl (C=O) groups excluding carboxylic acids is 3. The quantitative estimate of drug-likeness (QED) is 0.0357. The maximum atomic E-state index is 13.2. The molecule has 0 aliphatic carbocycles. The van der Waals surface area contributed by atoms with E-state index in [-0.39, 0.29) is 37.2 Å². The molecule has 0 heterocycles. The molecule has 0 radical (unpaired) electrons. The molecule has 3 amide bonds. The minimum absolute atomic E-state index is 0.106. The summed E-state index contributed by atoms with van der Waals surface area (Å²) in [7, 11) is 4.35. The van der Waals surface area contributed by atoms with Crippen LogP contribution < -0.4 is 16.0 Å². The predicted molar refractivity (Wildman–Crippen MR) is 252 cm³/mol. The first kappa shape index (κ1) is 58.2. The van der Waals surface area contributed by atoms with Crippen molar-refractivity contribution in [1.82, 2.24) is 16.0 Å². The average molecular weight is 854 g/mol. The first-order valence-electron chi connectivity index (χ1n) is 25.7. The summed E-state index contributed by atoms with van der Waals surface area (Å²) in [5.74, 6) is -0.464. The Morgan fingerprint density at radius 1 is 0.467 bits per heavy atom. The fraction of sp³-hybridized carbons (Fsp3) is 0.940. The first-order valence-corrected chi connectivity index (χ1v) is 25.7. The summed E-state index contributed by atoms with van der Waals surface area (Å²) in [5.41, 5.74) is 0. The highest BCUT2D eigenvalue weighted by atomic mass is 16.5. The van der Waals surface area contributed by atoms with E-state index >= 15 is 0 Å². The molecule has 356 valence electrons. The van der Waals surface area contributed by atoms with E-state index in [1.165, 1.54) is 148 Å². The minimum Gasteiger partial charge on any atom is -0.391 e. The summed E-state index contributed by atoms with van der Waals surface area (Å²) in [5, 5.41) is 18.1. The second-order valence-electron chi connectivity index (χ2n) is 18.3. The number of hydrogen-bond donors (Lipinski definition) is 4. The molecular formula is C50H101N4O6+. The van der Waals surface area contributed by atoms with Gasteiger partial charge in [0.05, 0.1) is 27.2 Å². The van der Waals surface area contributed by atoms with Crippen molar-refractivity contribution in [3.05, 3.63) is 0 Å². The number of nitrogens with zero attached hydrogens (tertiary/aromatic N) is 1. The zero-order chi connectivity index (χ0) is 44.0. The number of aliphatic hydroxyl groups is 1. The SMILES string of the molecule is CCCCCCCCCCCCOCCCNC(=O)CCC(NC(=O)CCCCCCCCCC[N+](C)(C)CCO)C(=O)NCCCOCCCCCCCCCCCC. The summed E-state index contributed by atoms with van der Waals surface area (Å²) in [6.45, 7) is 10.5. The minimum atomic E-state index is -0.735. The third-order valence-corrected chi connectivity index (χ3v) is 11.8. The lowest BCUT2D eigenvalue weighted by Crippen LogP contribution is -2.47. The van der Waals surface area contributed by atoms with Gasteiger partial charge >= 0.3 is 0 Å². The van der Waals surface area contributed by atoms with Crippen LogP contribution in [-0.2, 0) is 23.9 Å². The Hall–Kier alpha value is -1.75. The van der Waals surface area contributed by atoms with Crippen LogP contribution >= 0.6 is 0 Å². The first-order chi connectivity index (χ1) is 29.3. The maximum Gasteiger partial charge on any atom is 0.242 e. The number of rotatable bonds is 48. The van der Waals surface area contributed by atoms with Crippen molar-refractivity contribution in [1.29, 1.82) is 0 Å². The van der Waals surface area contributed by atoms with Crippen molar-refractivity contribution < 1.29 is 33.4 Å². The molecule has 60 heavy (non-hydrogen) atoms. The number of likely N-dealkylation sites (N-methyl/N-ethyl adjacent to an activating group) is 1. The molecule has 0 aliphatic rings. The van der Waals surface area contributed by atoms with Crippen molar-refractivity contribution in [3.63, 3.8) is 0 Å². The van der Waals surface area contributed by atoms with E-state index in [2.05, 4.69) is 43.9 Å². The highest BCUT2D eigenvalue weighted by Gasteiger charge is 2.21. The van der Waals surface area contributed by atoms with Crippen LogP contribution in [0.4, 0.5) is 0 Å². The summed E-state index contributed by atoms with van der Waals surface area (Å²) in [6.07, 6.45) is 37.3. The number of carbonyl (C=O) groups is 3. The van der Waals surface area contributed by atoms with Crippen molar-refractivity contribution >= 4 is 17.7 Å². The lowest BCUT2D eigenvalue weighted by molar-refractivity contribution is -0.890. The molecular weight excluding hydrogens is 753 g/mol. The molecule has 0 aliphatic heterocycles. The van der Waals surface area contributed by atoms with Crippen LogP contribution in [0.2, 0.25) is 0 Å². The highest BCUT2D eigenvalue weighted by molar-refractivity contribution is 5.88. The lowest BCUT2D eigenvalue weighted by Gasteiger charge is -2.28. The molecule has 10 heteroatoms. The summed E-state index contributed by atoms with van der Waals surface area (Å²) < 4.78 is 12.5. The predicted octanol–water partition coefficient (Wildman–Crippen LogP) is 10.7. The molecule has 0 saturated carbocycles. The molecule has 0 fully saturated rings. The third kappa shape index (κ3) is 42.9. The van der Waals surface area contributed by atoms with Crippen molar-refractivity contribution in [2.24, 2.45) is 0 Å². The van der Waals surface area contributed by atoms with Gasteiger partial charge in [-0.2, -0.15) is 0 Å². The van der Waals surface area contributed by atoms with Crippen LogP contribution in [0.5, 0.6) is 0 Å². The Morgan fingerprint density at radius 2 is 0.867 bits per heavy atom. The number of quaternary nitrogens is 1. The zero-order valence-electron chi connectivity index (χ0n) is 40.2. The number of hydrogen-bond acceptors (Lipinski definition) is 6. The molecule has 0 aromatic heterocycles. The molecule has 1 atom stereocenters. The van der Waals surface area contributed by atoms with E-state index < -0.39 is 6.04 Å². The normalized spacial score (nSPS) is 12.2. The fourth-order valence-electron chi connectivity index (χ4n) is 7.67. The highest BCUT2D eigenvalue weighted by Crippen LogP contribution is 2.13. The topological polar surface area (TPSA) is 126 Å². The molecule has 10 nitrogen and oxygen atoms in total. The van der Waals surface area contributed by atoms with Gasteiger partial charge in [0.15, 0.2) is 0 Å². The van der Waals surface area contributed by atoms with Crippen LogP contribution in [0.25, 0.3) is 0 Å². The molecule has 0 aromatic rings. The molecule has 0 rings (SSSR count). The smallest absolute Gasteiger partial charge is 0.242 e. The van der Waals surface area contributed by atoms with Gasteiger partial charge in [0.1, 0.15) is 12.6 Å². The number of ether oxygens (including phenoxy) is 2. The van der Waals surface area contributed by atoms with Gasteiger partial charge in [-0.05, 0) is 51.4 Å². The van der Waals surface area contributed by atoms with Gasteiger partial charge in [-0.15, -0.1) is 0 Å². The van der Waals surface area contributed by atoms with E-state index in [1.54, 1.807) is 0 Å². The van der Waals surface area contributed by atoms with E-state index in [9.17, 15) is 19.5 Å². The fourth-order valence-corrected chi connectivity index (χ4v) is 7.67. The third-order valence-electron chi connectivity index (χ3n) is 11.8. The van der Waals surface area contributed by atoms with Crippen LogP contribution in [0, 0.1) is 0 Å². The summed E-state index contributed by atoms with van der Waals surface area (Å²) in [4.78, 5) is 38.9. The van der Waals surface area contributed by atoms with Gasteiger partial charge in [-0.25, -0.2) is 0 Å². The molecule has 4 N–H and O–H groups in total. The van der Waals surface area contributed by atoms with E-state index in [0.717, 1.165) is 69.3 Å². The number of aliphatic hydroxyl groups excluding tert-OH is 1. The van der Waals surface area contributed by atoms with Gasteiger partial charge in [0.2, 0.25) is 17.7 Å². The molecule has 0 bridgehead atoms. The zero-order valence-corrected chi connectivity index (χ0v) is 40.2. The molecule has 0 aromatic carbocycles. The van der Waals surface area contributed by atoms with Gasteiger partial charge in [-0.3, -0.25) is 14.4 Å². The van der Waals surface area contributed by atoms with Crippen molar-refractivity contribution in [3.8, 4) is 0 Å². The van der Waals surface area contributed by atoms with Crippen LogP contribution in [0.1, 0.15) is 226 Å². The second-order valence-corrected chi connectivity index (χ2v) is 18.3. The maximum absolute atomic E-state index is 13.2.